The summed E-state index contributed by atoms with van der Waals surface area (Å²) in [7, 11) is -8.59. The number of amides is 1. The summed E-state index contributed by atoms with van der Waals surface area (Å²) in [6, 6.07) is -0.00135. The molecule has 0 saturated heterocycles. The van der Waals surface area contributed by atoms with E-state index in [0.29, 0.717) is 12.1 Å². The van der Waals surface area contributed by atoms with Gasteiger partial charge in [-0.25, -0.2) is 31.1 Å². The van der Waals surface area contributed by atoms with Crippen molar-refractivity contribution >= 4 is 29.6 Å². The molecule has 0 bridgehead atoms. The zero-order valence-corrected chi connectivity index (χ0v) is 21.0. The van der Waals surface area contributed by atoms with E-state index >= 15 is 0 Å². The van der Waals surface area contributed by atoms with Gasteiger partial charge in [0.1, 0.15) is 5.82 Å². The Morgan fingerprint density at radius 2 is 1.71 bits per heavy atom. The van der Waals surface area contributed by atoms with Crippen LogP contribution in [0.25, 0.3) is 0 Å². The highest BCUT2D eigenvalue weighted by Crippen LogP contribution is 2.34. The number of anilines is 1. The van der Waals surface area contributed by atoms with Crippen molar-refractivity contribution in [2.45, 2.75) is 38.1 Å². The van der Waals surface area contributed by atoms with Gasteiger partial charge in [-0.2, -0.15) is 13.2 Å². The molecule has 6 N–H and O–H groups in total. The van der Waals surface area contributed by atoms with Gasteiger partial charge in [-0.1, -0.05) is 0 Å². The number of carbonyl (C=O) groups excluding carboxylic acids is 1. The van der Waals surface area contributed by atoms with Gasteiger partial charge in [0.15, 0.2) is 17.5 Å². The van der Waals surface area contributed by atoms with Gasteiger partial charge in [0.25, 0.3) is 0 Å². The molecule has 3 rings (SSSR count). The first kappa shape index (κ1) is 31.5. The number of sulfonamides is 1. The molecule has 1 aromatic carbocycles. The number of alkyl halides is 3. The first-order valence-corrected chi connectivity index (χ1v) is 13.7. The number of nitrogens with zero attached hydrogens (tertiary/aromatic N) is 3. The molecule has 2 aromatic rings. The van der Waals surface area contributed by atoms with Crippen LogP contribution in [0.3, 0.4) is 0 Å². The molecule has 0 fully saturated rings. The van der Waals surface area contributed by atoms with Crippen molar-refractivity contribution in [2.24, 2.45) is 5.73 Å². The molecule has 0 saturated carbocycles. The third kappa shape index (κ3) is 9.25. The molecule has 38 heavy (non-hydrogen) atoms. The molecule has 1 aromatic heterocycles. The van der Waals surface area contributed by atoms with Crippen molar-refractivity contribution in [1.82, 2.24) is 14.5 Å². The van der Waals surface area contributed by atoms with E-state index in [1.807, 2.05) is 4.72 Å². The van der Waals surface area contributed by atoms with Crippen LogP contribution in [-0.2, 0) is 45.1 Å². The van der Waals surface area contributed by atoms with Gasteiger partial charge < -0.3 is 29.9 Å². The Balaban J connectivity index is 0.000000926. The summed E-state index contributed by atoms with van der Waals surface area (Å²) in [5.74, 6) is -6.13. The normalized spacial score (nSPS) is 14.9. The van der Waals surface area contributed by atoms with E-state index in [2.05, 4.69) is 4.98 Å². The Morgan fingerprint density at radius 3 is 2.24 bits per heavy atom. The van der Waals surface area contributed by atoms with E-state index in [0.717, 1.165) is 15.7 Å². The van der Waals surface area contributed by atoms with Crippen molar-refractivity contribution < 1.29 is 58.8 Å². The van der Waals surface area contributed by atoms with Gasteiger partial charge >= 0.3 is 14.0 Å². The Morgan fingerprint density at radius 1 is 1.16 bits per heavy atom. The molecule has 1 aliphatic heterocycles. The van der Waals surface area contributed by atoms with Crippen LogP contribution in [0.5, 0.6) is 0 Å². The standard InChI is InChI=1S/C18H19F6N5O3S.H3O4P/c1-33(31,32)27-16-14-8-28(2-3-29(14)17(26-16)18(22,23)24)15(30)6-10(25)4-9-5-12(20)13(21)7-11(9)19;1-5(2,3)4/h5,7,10,27H,2-4,6,8,25H2,1H3;(H3,1,2,3,4)/t10-;/m1./s1. The first-order chi connectivity index (χ1) is 17.2. The van der Waals surface area contributed by atoms with E-state index in [9.17, 15) is 39.6 Å². The number of halogens is 6. The molecule has 0 spiro atoms. The van der Waals surface area contributed by atoms with Crippen LogP contribution in [0.1, 0.15) is 23.5 Å². The minimum Gasteiger partial charge on any atom is -0.335 e. The molecule has 12 nitrogen and oxygen atoms in total. The van der Waals surface area contributed by atoms with Crippen molar-refractivity contribution in [3.8, 4) is 0 Å². The minimum atomic E-state index is -4.85. The number of benzene rings is 1. The van der Waals surface area contributed by atoms with Gasteiger partial charge in [0.05, 0.1) is 18.5 Å². The van der Waals surface area contributed by atoms with Crippen LogP contribution in [0.2, 0.25) is 0 Å². The van der Waals surface area contributed by atoms with Crippen LogP contribution in [0.15, 0.2) is 12.1 Å². The second-order valence-electron chi connectivity index (χ2n) is 8.11. The Labute approximate surface area is 211 Å². The molecule has 1 atom stereocenters. The van der Waals surface area contributed by atoms with Crippen molar-refractivity contribution in [1.29, 1.82) is 0 Å². The lowest BCUT2D eigenvalue weighted by Gasteiger charge is -2.30. The molecule has 2 heterocycles. The number of phosphoric acid groups is 1. The highest BCUT2D eigenvalue weighted by Gasteiger charge is 2.41. The minimum absolute atomic E-state index is 0.143. The zero-order valence-electron chi connectivity index (χ0n) is 19.3. The van der Waals surface area contributed by atoms with Crippen LogP contribution < -0.4 is 10.5 Å². The number of imidazole rings is 1. The second kappa shape index (κ2) is 11.6. The van der Waals surface area contributed by atoms with Crippen LogP contribution >= 0.6 is 7.82 Å². The summed E-state index contributed by atoms with van der Waals surface area (Å²) in [4.78, 5) is 38.7. The van der Waals surface area contributed by atoms with Gasteiger partial charge in [0, 0.05) is 31.6 Å². The lowest BCUT2D eigenvalue weighted by molar-refractivity contribution is -0.148. The molecule has 1 aliphatic rings. The van der Waals surface area contributed by atoms with E-state index in [1.54, 1.807) is 0 Å². The monoisotopic (exact) mass is 597 g/mol. The van der Waals surface area contributed by atoms with E-state index < -0.39 is 65.1 Å². The van der Waals surface area contributed by atoms with Gasteiger partial charge in [-0.15, -0.1) is 0 Å². The third-order valence-corrected chi connectivity index (χ3v) is 5.47. The van der Waals surface area contributed by atoms with Crippen molar-refractivity contribution in [3.63, 3.8) is 0 Å². The Bertz CT molecular complexity index is 1340. The largest absolute Gasteiger partial charge is 0.466 e. The highest BCUT2D eigenvalue weighted by molar-refractivity contribution is 7.92. The molecular formula is C18H22F6N5O7PS. The fourth-order valence-corrected chi connectivity index (χ4v) is 4.00. The van der Waals surface area contributed by atoms with Crippen LogP contribution in [-0.4, -0.2) is 62.3 Å². The summed E-state index contributed by atoms with van der Waals surface area (Å²) < 4.78 is 115. The molecular weight excluding hydrogens is 575 g/mol. The molecule has 20 heteroatoms. The quantitative estimate of drug-likeness (QED) is 0.184. The second-order valence-corrected chi connectivity index (χ2v) is 10.9. The summed E-state index contributed by atoms with van der Waals surface area (Å²) in [5.41, 5.74) is 5.46. The number of carbonyl (C=O) groups is 1. The maximum Gasteiger partial charge on any atom is 0.466 e. The predicted molar refractivity (Wildman–Crippen MR) is 118 cm³/mol. The maximum atomic E-state index is 13.8. The smallest absolute Gasteiger partial charge is 0.335 e. The summed E-state index contributed by atoms with van der Waals surface area (Å²) in [5, 5.41) is 0. The third-order valence-electron chi connectivity index (χ3n) is 4.90. The highest BCUT2D eigenvalue weighted by atomic mass is 32.2. The van der Waals surface area contributed by atoms with E-state index in [1.165, 1.54) is 0 Å². The van der Waals surface area contributed by atoms with Gasteiger partial charge in [-0.3, -0.25) is 9.52 Å². The topological polar surface area (TPSA) is 188 Å². The van der Waals surface area contributed by atoms with Crippen LogP contribution in [0, 0.1) is 17.5 Å². The van der Waals surface area contributed by atoms with Crippen molar-refractivity contribution in [3.05, 3.63) is 46.7 Å². The Hall–Kier alpha value is -2.70. The average Bonchev–Trinajstić information content (AvgIpc) is 3.07. The van der Waals surface area contributed by atoms with Crippen LogP contribution in [0.4, 0.5) is 32.2 Å². The maximum absolute atomic E-state index is 13.8. The zero-order chi connectivity index (χ0) is 29.2. The predicted octanol–water partition coefficient (Wildman–Crippen LogP) is 1.06. The number of nitrogens with two attached hydrogens (primary N) is 1. The lowest BCUT2D eigenvalue weighted by atomic mass is 10.0. The van der Waals surface area contributed by atoms with E-state index in [4.69, 9.17) is 25.0 Å². The lowest BCUT2D eigenvalue weighted by Crippen LogP contribution is -2.42. The molecule has 0 unspecified atom stereocenters. The number of aromatic nitrogens is 2. The number of fused-ring (bicyclic) bond motifs is 1. The number of hydrogen-bond donors (Lipinski definition) is 5. The fourth-order valence-electron chi connectivity index (χ4n) is 3.48. The number of nitrogens with one attached hydrogen (secondary N) is 1. The van der Waals surface area contributed by atoms with Crippen molar-refractivity contribution in [2.75, 3.05) is 17.5 Å². The van der Waals surface area contributed by atoms with Gasteiger partial charge in [0.2, 0.25) is 21.8 Å². The van der Waals surface area contributed by atoms with E-state index in [-0.39, 0.29) is 43.7 Å². The average molecular weight is 597 g/mol. The molecule has 1 amide bonds. The Kier molecular flexibility index (Phi) is 9.61. The van der Waals surface area contributed by atoms with Gasteiger partial charge in [-0.05, 0) is 18.1 Å². The SMILES string of the molecule is CS(=O)(=O)Nc1nc(C(F)(F)F)n2c1CN(C(=O)C[C@H](N)Cc1cc(F)c(F)cc1F)CC2.O=P(O)(O)O. The molecule has 214 valence electrons. The molecule has 0 aliphatic carbocycles. The molecule has 0 radical (unpaired) electrons. The fraction of sp³-hybridized carbons (Fsp3) is 0.444. The number of rotatable bonds is 6. The summed E-state index contributed by atoms with van der Waals surface area (Å²) in [6.45, 7) is -0.830. The number of hydrogen-bond acceptors (Lipinski definition) is 6. The summed E-state index contributed by atoms with van der Waals surface area (Å²) in [6.07, 6.45) is -4.77. The first-order valence-electron chi connectivity index (χ1n) is 10.2. The summed E-state index contributed by atoms with van der Waals surface area (Å²) >= 11 is 0.